The monoisotopic (exact) mass is 275 g/mol. The zero-order valence-electron chi connectivity index (χ0n) is 8.87. The van der Waals surface area contributed by atoms with Crippen LogP contribution in [0.15, 0.2) is 17.5 Å². The zero-order valence-corrected chi connectivity index (χ0v) is 11.3. The third-order valence-corrected chi connectivity index (χ3v) is 4.11. The second-order valence-corrected chi connectivity index (χ2v) is 5.34. The van der Waals surface area contributed by atoms with Crippen molar-refractivity contribution >= 4 is 27.3 Å². The summed E-state index contributed by atoms with van der Waals surface area (Å²) in [6.45, 7) is 3.46. The van der Waals surface area contributed by atoms with Crippen molar-refractivity contribution in [2.24, 2.45) is 0 Å². The molecule has 0 aliphatic carbocycles. The smallest absolute Gasteiger partial charge is 0.0410 e. The number of halogens is 1. The molecular formula is C11H18BrNS. The van der Waals surface area contributed by atoms with Gasteiger partial charge in [-0.05, 0) is 44.8 Å². The van der Waals surface area contributed by atoms with Gasteiger partial charge in [-0.3, -0.25) is 4.90 Å². The summed E-state index contributed by atoms with van der Waals surface area (Å²) in [6, 6.07) is 4.91. The van der Waals surface area contributed by atoms with E-state index in [-0.39, 0.29) is 0 Å². The summed E-state index contributed by atoms with van der Waals surface area (Å²) in [6.07, 6.45) is 2.54. The van der Waals surface area contributed by atoms with Crippen molar-refractivity contribution in [1.29, 1.82) is 0 Å². The highest BCUT2D eigenvalue weighted by molar-refractivity contribution is 9.09. The van der Waals surface area contributed by atoms with E-state index in [1.807, 2.05) is 11.3 Å². The largest absolute Gasteiger partial charge is 0.299 e. The number of rotatable bonds is 6. The first-order valence-electron chi connectivity index (χ1n) is 5.05. The predicted octanol–water partition coefficient (Wildman–Crippen LogP) is 3.92. The van der Waals surface area contributed by atoms with Gasteiger partial charge in [0, 0.05) is 16.2 Å². The Hall–Kier alpha value is 0.140. The van der Waals surface area contributed by atoms with E-state index < -0.39 is 0 Å². The lowest BCUT2D eigenvalue weighted by Crippen LogP contribution is -2.22. The molecule has 14 heavy (non-hydrogen) atoms. The molecule has 0 aromatic carbocycles. The summed E-state index contributed by atoms with van der Waals surface area (Å²) in [7, 11) is 2.21. The van der Waals surface area contributed by atoms with E-state index in [0.29, 0.717) is 6.04 Å². The van der Waals surface area contributed by atoms with E-state index in [1.165, 1.54) is 24.3 Å². The van der Waals surface area contributed by atoms with E-state index in [0.717, 1.165) is 5.33 Å². The van der Waals surface area contributed by atoms with Crippen LogP contribution in [-0.2, 0) is 0 Å². The van der Waals surface area contributed by atoms with Crippen LogP contribution in [-0.4, -0.2) is 23.8 Å². The van der Waals surface area contributed by atoms with Gasteiger partial charge in [-0.1, -0.05) is 22.0 Å². The lowest BCUT2D eigenvalue weighted by atomic mass is 10.2. The van der Waals surface area contributed by atoms with Gasteiger partial charge in [0.05, 0.1) is 0 Å². The highest BCUT2D eigenvalue weighted by Crippen LogP contribution is 2.23. The van der Waals surface area contributed by atoms with Crippen LogP contribution in [0.3, 0.4) is 0 Å². The molecule has 3 heteroatoms. The summed E-state index contributed by atoms with van der Waals surface area (Å²) in [5.41, 5.74) is 0. The Balaban J connectivity index is 2.33. The molecule has 0 amide bonds. The van der Waals surface area contributed by atoms with Gasteiger partial charge in [0.2, 0.25) is 0 Å². The molecule has 1 rings (SSSR count). The highest BCUT2D eigenvalue weighted by atomic mass is 79.9. The van der Waals surface area contributed by atoms with Crippen molar-refractivity contribution < 1.29 is 0 Å². The van der Waals surface area contributed by atoms with E-state index in [1.54, 1.807) is 0 Å². The summed E-state index contributed by atoms with van der Waals surface area (Å²) >= 11 is 5.31. The van der Waals surface area contributed by atoms with Gasteiger partial charge in [-0.15, -0.1) is 11.3 Å². The van der Waals surface area contributed by atoms with Gasteiger partial charge in [0.25, 0.3) is 0 Å². The van der Waals surface area contributed by atoms with Crippen molar-refractivity contribution in [3.63, 3.8) is 0 Å². The molecule has 0 saturated heterocycles. The van der Waals surface area contributed by atoms with Gasteiger partial charge >= 0.3 is 0 Å². The minimum Gasteiger partial charge on any atom is -0.299 e. The summed E-state index contributed by atoms with van der Waals surface area (Å²) in [5, 5.41) is 3.27. The third kappa shape index (κ3) is 3.71. The number of unbranched alkanes of at least 4 members (excludes halogenated alkanes) is 1. The molecule has 1 nitrogen and oxygen atoms in total. The zero-order chi connectivity index (χ0) is 10.4. The predicted molar refractivity (Wildman–Crippen MR) is 68.4 cm³/mol. The van der Waals surface area contributed by atoms with Gasteiger partial charge in [-0.2, -0.15) is 0 Å². The highest BCUT2D eigenvalue weighted by Gasteiger charge is 2.11. The topological polar surface area (TPSA) is 3.24 Å². The lowest BCUT2D eigenvalue weighted by Gasteiger charge is -2.23. The third-order valence-electron chi connectivity index (χ3n) is 2.51. The standard InChI is InChI=1S/C11H18BrNS/c1-10(11-6-5-9-14-11)13(2)8-4-3-7-12/h5-6,9-10H,3-4,7-8H2,1-2H3. The number of hydrogen-bond acceptors (Lipinski definition) is 2. The molecule has 0 aliphatic heterocycles. The van der Waals surface area contributed by atoms with Crippen LogP contribution in [0.1, 0.15) is 30.7 Å². The molecule has 1 heterocycles. The summed E-state index contributed by atoms with van der Waals surface area (Å²) in [4.78, 5) is 3.89. The Morgan fingerprint density at radius 2 is 2.29 bits per heavy atom. The van der Waals surface area contributed by atoms with E-state index >= 15 is 0 Å². The van der Waals surface area contributed by atoms with Crippen molar-refractivity contribution in [1.82, 2.24) is 4.90 Å². The van der Waals surface area contributed by atoms with Crippen LogP contribution in [0.25, 0.3) is 0 Å². The van der Waals surface area contributed by atoms with E-state index in [9.17, 15) is 0 Å². The average molecular weight is 276 g/mol. The molecule has 1 atom stereocenters. The molecule has 0 aliphatic rings. The van der Waals surface area contributed by atoms with Crippen LogP contribution < -0.4 is 0 Å². The van der Waals surface area contributed by atoms with Crippen molar-refractivity contribution in [3.05, 3.63) is 22.4 Å². The van der Waals surface area contributed by atoms with Gasteiger partial charge in [0.15, 0.2) is 0 Å². The van der Waals surface area contributed by atoms with Gasteiger partial charge < -0.3 is 0 Å². The molecular weight excluding hydrogens is 258 g/mol. The second kappa shape index (κ2) is 6.59. The first-order valence-corrected chi connectivity index (χ1v) is 7.05. The van der Waals surface area contributed by atoms with Crippen LogP contribution in [0.2, 0.25) is 0 Å². The van der Waals surface area contributed by atoms with E-state index in [2.05, 4.69) is 52.3 Å². The normalized spacial score (nSPS) is 13.4. The van der Waals surface area contributed by atoms with Crippen molar-refractivity contribution in [2.75, 3.05) is 18.9 Å². The van der Waals surface area contributed by atoms with E-state index in [4.69, 9.17) is 0 Å². The molecule has 1 aromatic heterocycles. The molecule has 0 N–H and O–H groups in total. The molecule has 0 bridgehead atoms. The number of thiophene rings is 1. The lowest BCUT2D eigenvalue weighted by molar-refractivity contribution is 0.261. The molecule has 1 aromatic rings. The number of nitrogens with zero attached hydrogens (tertiary/aromatic N) is 1. The van der Waals surface area contributed by atoms with Crippen molar-refractivity contribution in [3.8, 4) is 0 Å². The van der Waals surface area contributed by atoms with Crippen LogP contribution >= 0.6 is 27.3 Å². The fraction of sp³-hybridized carbons (Fsp3) is 0.636. The maximum Gasteiger partial charge on any atom is 0.0410 e. The SMILES string of the molecule is CC(c1cccs1)N(C)CCCCBr. The molecule has 0 radical (unpaired) electrons. The van der Waals surface area contributed by atoms with Crippen LogP contribution in [0, 0.1) is 0 Å². The van der Waals surface area contributed by atoms with Crippen LogP contribution in [0.4, 0.5) is 0 Å². The molecule has 0 spiro atoms. The maximum absolute atomic E-state index is 3.46. The first-order chi connectivity index (χ1) is 6.75. The Morgan fingerprint density at radius 1 is 1.50 bits per heavy atom. The Kier molecular flexibility index (Phi) is 5.75. The fourth-order valence-corrected chi connectivity index (χ4v) is 2.64. The van der Waals surface area contributed by atoms with Gasteiger partial charge in [0.1, 0.15) is 0 Å². The maximum atomic E-state index is 3.46. The van der Waals surface area contributed by atoms with Gasteiger partial charge in [-0.25, -0.2) is 0 Å². The summed E-state index contributed by atoms with van der Waals surface area (Å²) in [5.74, 6) is 0. The Bertz CT molecular complexity index is 235. The minimum atomic E-state index is 0.560. The second-order valence-electron chi connectivity index (χ2n) is 3.57. The minimum absolute atomic E-state index is 0.560. The Morgan fingerprint density at radius 3 is 2.86 bits per heavy atom. The first kappa shape index (κ1) is 12.2. The summed E-state index contributed by atoms with van der Waals surface area (Å²) < 4.78 is 0. The van der Waals surface area contributed by atoms with Crippen molar-refractivity contribution in [2.45, 2.75) is 25.8 Å². The Labute approximate surface area is 99.3 Å². The molecule has 0 saturated carbocycles. The molecule has 80 valence electrons. The number of alkyl halides is 1. The molecule has 0 fully saturated rings. The fourth-order valence-electron chi connectivity index (χ4n) is 1.40. The number of hydrogen-bond donors (Lipinski definition) is 0. The molecule has 1 unspecified atom stereocenters. The van der Waals surface area contributed by atoms with Crippen LogP contribution in [0.5, 0.6) is 0 Å². The quantitative estimate of drug-likeness (QED) is 0.562. The average Bonchev–Trinajstić information content (AvgIpc) is 2.69.